The van der Waals surface area contributed by atoms with Gasteiger partial charge in [-0.3, -0.25) is 0 Å². The Labute approximate surface area is 58.5 Å². The maximum absolute atomic E-state index is 10.1. The van der Waals surface area contributed by atoms with E-state index in [0.717, 1.165) is 0 Å². The van der Waals surface area contributed by atoms with Gasteiger partial charge in [-0.2, -0.15) is 0 Å². The molecule has 0 saturated carbocycles. The molecule has 0 spiro atoms. The summed E-state index contributed by atoms with van der Waals surface area (Å²) in [7, 11) is 0. The third-order valence-corrected chi connectivity index (χ3v) is 4.91. The molecule has 1 aliphatic heterocycles. The van der Waals surface area contributed by atoms with Gasteiger partial charge in [-0.05, 0) is 0 Å². The van der Waals surface area contributed by atoms with Crippen molar-refractivity contribution in [1.82, 2.24) is 0 Å². The van der Waals surface area contributed by atoms with E-state index in [-0.39, 0.29) is 0 Å². The Morgan fingerprint density at radius 2 is 2.50 bits per heavy atom. The number of hydrogen-bond acceptors (Lipinski definition) is 1. The summed E-state index contributed by atoms with van der Waals surface area (Å²) >= 11 is -0.944. The van der Waals surface area contributed by atoms with Crippen molar-refractivity contribution in [1.29, 1.82) is 0 Å². The van der Waals surface area contributed by atoms with E-state index >= 15 is 0 Å². The molecule has 0 aromatic rings. The first kappa shape index (κ1) is 5.96. The number of aliphatic carboxylic acids is 1. The van der Waals surface area contributed by atoms with E-state index in [1.165, 1.54) is 0 Å². The van der Waals surface area contributed by atoms with Gasteiger partial charge in [0.05, 0.1) is 0 Å². The summed E-state index contributed by atoms with van der Waals surface area (Å²) in [6.07, 6.45) is 3.54. The summed E-state index contributed by atoms with van der Waals surface area (Å²) in [6.45, 7) is 0. The Balaban J connectivity index is 2.64. The third-order valence-electron chi connectivity index (χ3n) is 0.828. The van der Waals surface area contributed by atoms with Crippen LogP contribution in [0.4, 0.5) is 0 Å². The molecule has 2 nitrogen and oxygen atoms in total. The first-order valence-electron chi connectivity index (χ1n) is 2.17. The minimum absolute atomic E-state index is 0.671. The fraction of sp³-hybridized carbons (Fsp3) is 0. The predicted octanol–water partition coefficient (Wildman–Crippen LogP) is -0.0813. The molecule has 3 heteroatoms. The number of carboxylic acids is 1. The average Bonchev–Trinajstić information content (AvgIpc) is 2.12. The van der Waals surface area contributed by atoms with Crippen LogP contribution in [0.15, 0.2) is 19.2 Å². The fourth-order valence-corrected chi connectivity index (χ4v) is 3.14. The number of carbonyl (C=O) groups is 1. The summed E-state index contributed by atoms with van der Waals surface area (Å²) in [5.74, 6) is -0.724. The van der Waals surface area contributed by atoms with Gasteiger partial charge in [-0.15, -0.1) is 0 Å². The molecule has 0 aromatic heterocycles. The quantitative estimate of drug-likeness (QED) is 0.688. The Bertz CT molecular complexity index is 169. The van der Waals surface area contributed by atoms with Crippen LogP contribution in [-0.4, -0.2) is 34.3 Å². The van der Waals surface area contributed by atoms with Crippen molar-refractivity contribution in [3.05, 3.63) is 19.2 Å². The van der Waals surface area contributed by atoms with E-state index in [2.05, 4.69) is 0 Å². The van der Waals surface area contributed by atoms with Crippen LogP contribution in [0.2, 0.25) is 0 Å². The first-order valence-corrected chi connectivity index (χ1v) is 6.36. The van der Waals surface area contributed by atoms with Crippen molar-refractivity contribution in [2.45, 2.75) is 0 Å². The normalized spacial score (nSPS) is 16.2. The van der Waals surface area contributed by atoms with Gasteiger partial charge in [-0.1, -0.05) is 0 Å². The van der Waals surface area contributed by atoms with E-state index in [9.17, 15) is 4.79 Å². The SMILES string of the molecule is O=C(O)[C]1=CC=[CH][BiH]1. The van der Waals surface area contributed by atoms with E-state index in [1.54, 1.807) is 6.08 Å². The van der Waals surface area contributed by atoms with Gasteiger partial charge in [0.1, 0.15) is 0 Å². The Morgan fingerprint density at radius 1 is 1.75 bits per heavy atom. The molecule has 0 aliphatic carbocycles. The van der Waals surface area contributed by atoms with E-state index in [0.29, 0.717) is 3.28 Å². The molecule has 1 heterocycles. The van der Waals surface area contributed by atoms with E-state index in [1.807, 2.05) is 9.86 Å². The standard InChI is InChI=1S/C5H4O2.Bi.H/c1-2-3-4-5(6)7;;/h1-3H,(H,6,7);;. The Hall–Kier alpha value is -0.167. The molecular weight excluding hydrogens is 301 g/mol. The van der Waals surface area contributed by atoms with Crippen molar-refractivity contribution < 1.29 is 9.90 Å². The van der Waals surface area contributed by atoms with Crippen molar-refractivity contribution in [2.24, 2.45) is 0 Å². The first-order chi connectivity index (χ1) is 3.80. The Morgan fingerprint density at radius 3 is 2.75 bits per heavy atom. The van der Waals surface area contributed by atoms with Crippen LogP contribution in [0.25, 0.3) is 0 Å². The fourth-order valence-electron chi connectivity index (χ4n) is 0.463. The molecule has 42 valence electrons. The zero-order valence-electron chi connectivity index (χ0n) is 4.09. The molecule has 0 atom stereocenters. The van der Waals surface area contributed by atoms with Crippen LogP contribution in [-0.2, 0) is 4.79 Å². The number of allylic oxidation sites excluding steroid dienone is 2. The molecule has 0 saturated heterocycles. The molecule has 0 unspecified atom stereocenters. The summed E-state index contributed by atoms with van der Waals surface area (Å²) in [5, 5.41) is 8.35. The topological polar surface area (TPSA) is 37.3 Å². The average molecular weight is 306 g/mol. The number of rotatable bonds is 1. The summed E-state index contributed by atoms with van der Waals surface area (Å²) < 4.78 is 2.69. The molecular formula is C5H5BiO2. The van der Waals surface area contributed by atoms with E-state index < -0.39 is 29.2 Å². The molecule has 0 aromatic carbocycles. The van der Waals surface area contributed by atoms with Gasteiger partial charge in [0.15, 0.2) is 0 Å². The second kappa shape index (κ2) is 2.40. The zero-order chi connectivity index (χ0) is 5.98. The molecule has 1 N–H and O–H groups in total. The maximum atomic E-state index is 10.1. The van der Waals surface area contributed by atoms with Crippen LogP contribution in [0.1, 0.15) is 0 Å². The van der Waals surface area contributed by atoms with Gasteiger partial charge in [0.2, 0.25) is 0 Å². The second-order valence-corrected chi connectivity index (χ2v) is 5.90. The summed E-state index contributed by atoms with van der Waals surface area (Å²) in [4.78, 5) is 10.1. The molecule has 0 bridgehead atoms. The summed E-state index contributed by atoms with van der Waals surface area (Å²) in [5.41, 5.74) is 0. The predicted molar refractivity (Wildman–Crippen MR) is 32.0 cm³/mol. The van der Waals surface area contributed by atoms with Gasteiger partial charge in [0, 0.05) is 0 Å². The van der Waals surface area contributed by atoms with Crippen molar-refractivity contribution in [3.8, 4) is 0 Å². The molecule has 0 amide bonds. The van der Waals surface area contributed by atoms with Gasteiger partial charge in [0.25, 0.3) is 0 Å². The van der Waals surface area contributed by atoms with Gasteiger partial charge in [-0.25, -0.2) is 0 Å². The van der Waals surface area contributed by atoms with Crippen LogP contribution in [0.5, 0.6) is 0 Å². The zero-order valence-corrected chi connectivity index (χ0v) is 7.97. The second-order valence-electron chi connectivity index (χ2n) is 1.39. The number of hydrogen-bond donors (Lipinski definition) is 1. The molecule has 8 heavy (non-hydrogen) atoms. The third kappa shape index (κ3) is 1.16. The summed E-state index contributed by atoms with van der Waals surface area (Å²) in [6, 6.07) is 0. The number of carboxylic acid groups (broad SMARTS) is 1. The van der Waals surface area contributed by atoms with Crippen molar-refractivity contribution >= 4 is 29.2 Å². The van der Waals surface area contributed by atoms with Crippen LogP contribution < -0.4 is 0 Å². The van der Waals surface area contributed by atoms with Gasteiger partial charge >= 0.3 is 58.3 Å². The van der Waals surface area contributed by atoms with Crippen LogP contribution in [0, 0.1) is 0 Å². The van der Waals surface area contributed by atoms with E-state index in [4.69, 9.17) is 5.11 Å². The molecule has 0 fully saturated rings. The van der Waals surface area contributed by atoms with Crippen molar-refractivity contribution in [2.75, 3.05) is 0 Å². The monoisotopic (exact) mass is 306 g/mol. The molecule has 1 rings (SSSR count). The van der Waals surface area contributed by atoms with Crippen LogP contribution >= 0.6 is 0 Å². The Kier molecular flexibility index (Phi) is 1.79. The van der Waals surface area contributed by atoms with Crippen molar-refractivity contribution in [3.63, 3.8) is 0 Å². The minimum atomic E-state index is -0.944. The molecule has 1 aliphatic rings. The molecule has 0 radical (unpaired) electrons. The van der Waals surface area contributed by atoms with Crippen LogP contribution in [0.3, 0.4) is 0 Å². The van der Waals surface area contributed by atoms with Gasteiger partial charge < -0.3 is 0 Å².